The second kappa shape index (κ2) is 9.93. The Morgan fingerprint density at radius 2 is 1.90 bits per heavy atom. The molecule has 200 valence electrons. The van der Waals surface area contributed by atoms with Crippen LogP contribution < -0.4 is 15.4 Å². The van der Waals surface area contributed by atoms with Gasteiger partial charge in [-0.15, -0.1) is 0 Å². The lowest BCUT2D eigenvalue weighted by Crippen LogP contribution is -2.36. The van der Waals surface area contributed by atoms with Crippen molar-refractivity contribution in [2.24, 2.45) is 7.05 Å². The number of pyridine rings is 2. The van der Waals surface area contributed by atoms with Gasteiger partial charge in [-0.3, -0.25) is 14.2 Å². The number of nitrogens with zero attached hydrogens (tertiary/aromatic N) is 8. The number of ether oxygens (including phenoxy) is 2. The smallest absolute Gasteiger partial charge is 0.150 e. The van der Waals surface area contributed by atoms with Gasteiger partial charge in [-0.25, -0.2) is 15.0 Å². The molecule has 0 bridgehead atoms. The fourth-order valence-electron chi connectivity index (χ4n) is 5.03. The second-order valence-electron chi connectivity index (χ2n) is 9.71. The summed E-state index contributed by atoms with van der Waals surface area (Å²) in [5, 5.41) is 6.38. The Morgan fingerprint density at radius 1 is 1.02 bits per heavy atom. The van der Waals surface area contributed by atoms with E-state index in [-0.39, 0.29) is 0 Å². The lowest BCUT2D eigenvalue weighted by molar-refractivity contribution is 0.122. The number of rotatable bonds is 6. The molecule has 40 heavy (non-hydrogen) atoms. The highest BCUT2D eigenvalue weighted by molar-refractivity contribution is 6.00. The van der Waals surface area contributed by atoms with Crippen molar-refractivity contribution in [1.29, 1.82) is 0 Å². The fraction of sp³-hybridized carbons (Fsp3) is 0.207. The predicted octanol–water partition coefficient (Wildman–Crippen LogP) is 3.76. The maximum Gasteiger partial charge on any atom is 0.150 e. The molecule has 2 N–H and O–H groups in total. The molecule has 0 unspecified atom stereocenters. The van der Waals surface area contributed by atoms with E-state index < -0.39 is 0 Å². The van der Waals surface area contributed by atoms with E-state index in [0.717, 1.165) is 76.7 Å². The molecule has 1 fully saturated rings. The summed E-state index contributed by atoms with van der Waals surface area (Å²) in [7, 11) is 1.88. The van der Waals surface area contributed by atoms with Crippen LogP contribution in [0.25, 0.3) is 38.9 Å². The molecule has 0 amide bonds. The molecule has 6 aromatic rings. The van der Waals surface area contributed by atoms with Crippen LogP contribution >= 0.6 is 0 Å². The number of aromatic nitrogens is 7. The molecule has 11 nitrogen and oxygen atoms in total. The first-order chi connectivity index (χ1) is 19.6. The Morgan fingerprint density at radius 3 is 2.75 bits per heavy atom. The number of nitrogens with two attached hydrogens (primary N) is 1. The van der Waals surface area contributed by atoms with E-state index in [4.69, 9.17) is 20.2 Å². The van der Waals surface area contributed by atoms with Crippen molar-refractivity contribution < 1.29 is 9.47 Å². The third kappa shape index (κ3) is 4.46. The van der Waals surface area contributed by atoms with Crippen LogP contribution in [0.2, 0.25) is 0 Å². The third-order valence-corrected chi connectivity index (χ3v) is 7.05. The van der Waals surface area contributed by atoms with Gasteiger partial charge in [0.15, 0.2) is 5.65 Å². The van der Waals surface area contributed by atoms with Crippen molar-refractivity contribution in [3.05, 3.63) is 79.1 Å². The van der Waals surface area contributed by atoms with Crippen molar-refractivity contribution in [3.8, 4) is 22.7 Å². The molecule has 0 radical (unpaired) electrons. The van der Waals surface area contributed by atoms with E-state index in [2.05, 4.69) is 37.1 Å². The summed E-state index contributed by atoms with van der Waals surface area (Å²) in [6.45, 7) is 3.48. The summed E-state index contributed by atoms with van der Waals surface area (Å²) in [4.78, 5) is 20.3. The zero-order valence-electron chi connectivity index (χ0n) is 21.9. The van der Waals surface area contributed by atoms with Crippen LogP contribution in [0.5, 0.6) is 5.75 Å². The van der Waals surface area contributed by atoms with Crippen LogP contribution in [0.15, 0.2) is 73.6 Å². The summed E-state index contributed by atoms with van der Waals surface area (Å²) < 4.78 is 15.4. The predicted molar refractivity (Wildman–Crippen MR) is 152 cm³/mol. The van der Waals surface area contributed by atoms with E-state index in [1.807, 2.05) is 54.3 Å². The lowest BCUT2D eigenvalue weighted by atomic mass is 10.2. The number of hydrogen-bond donors (Lipinski definition) is 1. The van der Waals surface area contributed by atoms with Crippen molar-refractivity contribution in [2.45, 2.75) is 6.61 Å². The molecule has 1 aliphatic rings. The first-order valence-electron chi connectivity index (χ1n) is 13.0. The van der Waals surface area contributed by atoms with Crippen molar-refractivity contribution in [2.75, 3.05) is 36.9 Å². The topological polar surface area (TPSA) is 122 Å². The SMILES string of the molecule is Cn1ccc(-c2cn(-c3cncc(COc4ccc5ccc(N6CCOCC6)nc5c4)c3)c3ncnc(N)c23)n1. The molecule has 0 atom stereocenters. The van der Waals surface area contributed by atoms with Gasteiger partial charge < -0.3 is 20.1 Å². The molecule has 5 aromatic heterocycles. The third-order valence-electron chi connectivity index (χ3n) is 7.05. The summed E-state index contributed by atoms with van der Waals surface area (Å²) in [6.07, 6.45) is 8.92. The van der Waals surface area contributed by atoms with Crippen molar-refractivity contribution in [1.82, 2.24) is 34.3 Å². The van der Waals surface area contributed by atoms with Crippen LogP contribution in [0, 0.1) is 0 Å². The maximum absolute atomic E-state index is 6.28. The Hall–Kier alpha value is -5.03. The van der Waals surface area contributed by atoms with E-state index in [9.17, 15) is 0 Å². The number of nitrogen functional groups attached to an aromatic ring is 1. The average Bonchev–Trinajstić information content (AvgIpc) is 3.61. The van der Waals surface area contributed by atoms with Gasteiger partial charge >= 0.3 is 0 Å². The minimum Gasteiger partial charge on any atom is -0.489 e. The number of benzene rings is 1. The van der Waals surface area contributed by atoms with Gasteiger partial charge in [0.1, 0.15) is 30.3 Å². The van der Waals surface area contributed by atoms with Gasteiger partial charge in [0, 0.05) is 61.3 Å². The zero-order valence-corrected chi connectivity index (χ0v) is 21.9. The minimum atomic E-state index is 0.346. The fourth-order valence-corrected chi connectivity index (χ4v) is 5.03. The molecule has 7 rings (SSSR count). The Bertz CT molecular complexity index is 1840. The highest BCUT2D eigenvalue weighted by Gasteiger charge is 2.18. The number of hydrogen-bond acceptors (Lipinski definition) is 9. The minimum absolute atomic E-state index is 0.346. The van der Waals surface area contributed by atoms with Crippen LogP contribution in [0.1, 0.15) is 5.56 Å². The van der Waals surface area contributed by atoms with Gasteiger partial charge in [0.2, 0.25) is 0 Å². The molecule has 1 saturated heterocycles. The quantitative estimate of drug-likeness (QED) is 0.341. The standard InChI is InChI=1S/C29H27N9O2/c1-36-7-6-24(35-36)23-16-38(29-27(23)28(30)32-18-33-29)21-12-19(14-31-15-21)17-40-22-4-2-20-3-5-26(34-25(20)13-22)37-8-10-39-11-9-37/h2-7,12-16,18H,8-11,17H2,1H3,(H2,30,32,33). The first kappa shape index (κ1) is 24.0. The van der Waals surface area contributed by atoms with Gasteiger partial charge in [-0.05, 0) is 36.4 Å². The number of aryl methyl sites for hydroxylation is 1. The number of fused-ring (bicyclic) bond motifs is 2. The number of anilines is 2. The van der Waals surface area contributed by atoms with Gasteiger partial charge in [0.25, 0.3) is 0 Å². The van der Waals surface area contributed by atoms with Crippen LogP contribution in [0.4, 0.5) is 11.6 Å². The maximum atomic E-state index is 6.28. The van der Waals surface area contributed by atoms with Crippen LogP contribution in [0.3, 0.4) is 0 Å². The van der Waals surface area contributed by atoms with Crippen molar-refractivity contribution >= 4 is 33.6 Å². The summed E-state index contributed by atoms with van der Waals surface area (Å²) in [5.41, 5.74) is 11.3. The zero-order chi connectivity index (χ0) is 27.1. The Balaban J connectivity index is 1.16. The Kier molecular flexibility index (Phi) is 5.97. The van der Waals surface area contributed by atoms with Gasteiger partial charge in [0.05, 0.1) is 41.7 Å². The monoisotopic (exact) mass is 533 g/mol. The summed E-state index contributed by atoms with van der Waals surface area (Å²) in [6, 6.07) is 14.1. The highest BCUT2D eigenvalue weighted by atomic mass is 16.5. The van der Waals surface area contributed by atoms with E-state index in [0.29, 0.717) is 18.1 Å². The van der Waals surface area contributed by atoms with Crippen LogP contribution in [-0.4, -0.2) is 60.6 Å². The largest absolute Gasteiger partial charge is 0.489 e. The lowest BCUT2D eigenvalue weighted by Gasteiger charge is -2.27. The first-order valence-corrected chi connectivity index (χ1v) is 13.0. The van der Waals surface area contributed by atoms with E-state index >= 15 is 0 Å². The van der Waals surface area contributed by atoms with Gasteiger partial charge in [-0.1, -0.05) is 0 Å². The molecular weight excluding hydrogens is 506 g/mol. The molecule has 0 spiro atoms. The summed E-state index contributed by atoms with van der Waals surface area (Å²) in [5.74, 6) is 2.10. The van der Waals surface area contributed by atoms with E-state index in [1.165, 1.54) is 6.33 Å². The normalized spacial score (nSPS) is 13.8. The van der Waals surface area contributed by atoms with Gasteiger partial charge in [-0.2, -0.15) is 5.10 Å². The summed E-state index contributed by atoms with van der Waals surface area (Å²) >= 11 is 0. The molecule has 1 aliphatic heterocycles. The number of morpholine rings is 1. The van der Waals surface area contributed by atoms with E-state index in [1.54, 1.807) is 17.1 Å². The average molecular weight is 534 g/mol. The van der Waals surface area contributed by atoms with Crippen molar-refractivity contribution in [3.63, 3.8) is 0 Å². The molecular formula is C29H27N9O2. The molecule has 6 heterocycles. The molecule has 11 heteroatoms. The molecule has 0 aliphatic carbocycles. The second-order valence-corrected chi connectivity index (χ2v) is 9.71. The highest BCUT2D eigenvalue weighted by Crippen LogP contribution is 2.33. The Labute approximate surface area is 229 Å². The molecule has 0 saturated carbocycles. The van der Waals surface area contributed by atoms with Crippen LogP contribution in [-0.2, 0) is 18.4 Å². The molecule has 1 aromatic carbocycles.